The SMILES string of the molecule is CC(=CCCC(C)=CCCC(C)=CC=C(C=O)C(C)C)CCl. The Labute approximate surface area is 141 Å². The molecule has 0 bridgehead atoms. The normalized spacial score (nSPS) is 14.7. The zero-order chi connectivity index (χ0) is 17.0. The van der Waals surface area contributed by atoms with E-state index in [1.165, 1.54) is 16.7 Å². The molecule has 124 valence electrons. The number of rotatable bonds is 10. The smallest absolute Gasteiger partial charge is 0.146 e. The minimum Gasteiger partial charge on any atom is -0.298 e. The molecule has 0 fully saturated rings. The Morgan fingerprint density at radius 3 is 1.95 bits per heavy atom. The van der Waals surface area contributed by atoms with E-state index in [1.54, 1.807) is 0 Å². The first-order valence-corrected chi connectivity index (χ1v) is 8.63. The van der Waals surface area contributed by atoms with Crippen LogP contribution in [0.3, 0.4) is 0 Å². The molecule has 0 aliphatic heterocycles. The van der Waals surface area contributed by atoms with Crippen molar-refractivity contribution in [1.82, 2.24) is 0 Å². The van der Waals surface area contributed by atoms with Gasteiger partial charge in [-0.1, -0.05) is 54.9 Å². The molecule has 0 aliphatic rings. The summed E-state index contributed by atoms with van der Waals surface area (Å²) >= 11 is 5.75. The Balaban J connectivity index is 4.27. The maximum atomic E-state index is 10.9. The number of allylic oxidation sites excluding steroid dienone is 8. The second kappa shape index (κ2) is 12.5. The molecule has 0 aliphatic carbocycles. The third-order valence-corrected chi connectivity index (χ3v) is 4.06. The molecule has 22 heavy (non-hydrogen) atoms. The minimum atomic E-state index is 0.285. The molecule has 2 heteroatoms. The number of alkyl halides is 1. The van der Waals surface area contributed by atoms with Crippen LogP contribution < -0.4 is 0 Å². The molecule has 1 nitrogen and oxygen atoms in total. The van der Waals surface area contributed by atoms with Gasteiger partial charge in [-0.15, -0.1) is 11.6 Å². The Bertz CT molecular complexity index is 450. The number of aldehydes is 1. The van der Waals surface area contributed by atoms with Gasteiger partial charge < -0.3 is 0 Å². The molecular formula is C20H31ClO. The van der Waals surface area contributed by atoms with E-state index in [4.69, 9.17) is 11.6 Å². The molecule has 0 rings (SSSR count). The highest BCUT2D eigenvalue weighted by molar-refractivity contribution is 6.19. The largest absolute Gasteiger partial charge is 0.298 e. The summed E-state index contributed by atoms with van der Waals surface area (Å²) < 4.78 is 0. The number of hydrogen-bond acceptors (Lipinski definition) is 1. The van der Waals surface area contributed by atoms with Crippen molar-refractivity contribution in [3.05, 3.63) is 46.6 Å². The highest BCUT2D eigenvalue weighted by Crippen LogP contribution is 2.13. The van der Waals surface area contributed by atoms with E-state index in [1.807, 2.05) is 19.9 Å². The monoisotopic (exact) mass is 322 g/mol. The summed E-state index contributed by atoms with van der Waals surface area (Å²) in [6, 6.07) is 0. The van der Waals surface area contributed by atoms with Crippen molar-refractivity contribution >= 4 is 17.9 Å². The van der Waals surface area contributed by atoms with Crippen molar-refractivity contribution in [2.24, 2.45) is 5.92 Å². The van der Waals surface area contributed by atoms with E-state index >= 15 is 0 Å². The molecule has 0 aromatic rings. The lowest BCUT2D eigenvalue weighted by atomic mass is 10.0. The van der Waals surface area contributed by atoms with Gasteiger partial charge in [0, 0.05) is 5.88 Å². The molecule has 0 heterocycles. The topological polar surface area (TPSA) is 17.1 Å². The highest BCUT2D eigenvalue weighted by atomic mass is 35.5. The number of hydrogen-bond donors (Lipinski definition) is 0. The second-order valence-corrected chi connectivity index (χ2v) is 6.53. The number of carbonyl (C=O) groups is 1. The van der Waals surface area contributed by atoms with Crippen molar-refractivity contribution in [3.8, 4) is 0 Å². The molecule has 0 radical (unpaired) electrons. The third-order valence-electron chi connectivity index (χ3n) is 3.64. The average molecular weight is 323 g/mol. The maximum Gasteiger partial charge on any atom is 0.146 e. The predicted molar refractivity (Wildman–Crippen MR) is 99.4 cm³/mol. The lowest BCUT2D eigenvalue weighted by molar-refractivity contribution is -0.105. The zero-order valence-electron chi connectivity index (χ0n) is 14.8. The van der Waals surface area contributed by atoms with Gasteiger partial charge in [-0.05, 0) is 57.9 Å². The van der Waals surface area contributed by atoms with Gasteiger partial charge in [0.05, 0.1) is 0 Å². The van der Waals surface area contributed by atoms with Gasteiger partial charge in [-0.25, -0.2) is 0 Å². The Morgan fingerprint density at radius 1 is 0.909 bits per heavy atom. The van der Waals surface area contributed by atoms with Crippen molar-refractivity contribution in [1.29, 1.82) is 0 Å². The molecular weight excluding hydrogens is 292 g/mol. The van der Waals surface area contributed by atoms with Crippen LogP contribution in [0.4, 0.5) is 0 Å². The fraction of sp³-hybridized carbons (Fsp3) is 0.550. The van der Waals surface area contributed by atoms with Gasteiger partial charge in [-0.2, -0.15) is 0 Å². The average Bonchev–Trinajstić information content (AvgIpc) is 2.47. The van der Waals surface area contributed by atoms with E-state index in [2.05, 4.69) is 39.0 Å². The van der Waals surface area contributed by atoms with E-state index in [-0.39, 0.29) is 5.92 Å². The van der Waals surface area contributed by atoms with Crippen molar-refractivity contribution < 1.29 is 4.79 Å². The molecule has 0 saturated heterocycles. The Morgan fingerprint density at radius 2 is 1.45 bits per heavy atom. The first-order chi connectivity index (χ1) is 10.4. The Hall–Kier alpha value is -1.08. The summed E-state index contributed by atoms with van der Waals surface area (Å²) in [6.07, 6.45) is 13.8. The van der Waals surface area contributed by atoms with Crippen LogP contribution in [0.5, 0.6) is 0 Å². The number of carbonyl (C=O) groups excluding carboxylic acids is 1. The maximum absolute atomic E-state index is 10.9. The molecule has 0 unspecified atom stereocenters. The van der Waals surface area contributed by atoms with E-state index in [0.717, 1.165) is 37.5 Å². The Kier molecular flexibility index (Phi) is 11.9. The van der Waals surface area contributed by atoms with Gasteiger partial charge in [0.25, 0.3) is 0 Å². The first-order valence-electron chi connectivity index (χ1n) is 8.10. The van der Waals surface area contributed by atoms with Crippen LogP contribution in [0, 0.1) is 5.92 Å². The summed E-state index contributed by atoms with van der Waals surface area (Å²) in [5, 5.41) is 0. The summed E-state index contributed by atoms with van der Waals surface area (Å²) in [4.78, 5) is 10.9. The molecule has 0 amide bonds. The first kappa shape index (κ1) is 20.9. The van der Waals surface area contributed by atoms with Crippen molar-refractivity contribution in [2.45, 2.75) is 60.3 Å². The third kappa shape index (κ3) is 10.6. The predicted octanol–water partition coefficient (Wildman–Crippen LogP) is 6.41. The lowest BCUT2D eigenvalue weighted by Gasteiger charge is -2.03. The summed E-state index contributed by atoms with van der Waals surface area (Å²) in [5.41, 5.74) is 4.84. The quantitative estimate of drug-likeness (QED) is 0.149. The van der Waals surface area contributed by atoms with E-state index in [0.29, 0.717) is 5.88 Å². The van der Waals surface area contributed by atoms with Gasteiger partial charge >= 0.3 is 0 Å². The van der Waals surface area contributed by atoms with Crippen molar-refractivity contribution in [2.75, 3.05) is 5.88 Å². The number of halogens is 1. The second-order valence-electron chi connectivity index (χ2n) is 6.26. The molecule has 0 aromatic heterocycles. The highest BCUT2D eigenvalue weighted by Gasteiger charge is 1.99. The fourth-order valence-corrected chi connectivity index (χ4v) is 2.05. The van der Waals surface area contributed by atoms with Crippen molar-refractivity contribution in [3.63, 3.8) is 0 Å². The van der Waals surface area contributed by atoms with Crippen LogP contribution in [0.25, 0.3) is 0 Å². The summed E-state index contributed by atoms with van der Waals surface area (Å²) in [7, 11) is 0. The molecule has 0 saturated carbocycles. The molecule has 0 aromatic carbocycles. The summed E-state index contributed by atoms with van der Waals surface area (Å²) in [5.74, 6) is 0.910. The van der Waals surface area contributed by atoms with Crippen LogP contribution in [-0.4, -0.2) is 12.2 Å². The van der Waals surface area contributed by atoms with Crippen LogP contribution in [0.2, 0.25) is 0 Å². The lowest BCUT2D eigenvalue weighted by Crippen LogP contribution is -1.94. The van der Waals surface area contributed by atoms with Gasteiger partial charge in [-0.3, -0.25) is 4.79 Å². The van der Waals surface area contributed by atoms with Crippen LogP contribution in [0.15, 0.2) is 46.6 Å². The summed E-state index contributed by atoms with van der Waals surface area (Å²) in [6.45, 7) is 10.4. The van der Waals surface area contributed by atoms with E-state index in [9.17, 15) is 4.79 Å². The van der Waals surface area contributed by atoms with E-state index < -0.39 is 0 Å². The van der Waals surface area contributed by atoms with Crippen LogP contribution in [-0.2, 0) is 4.79 Å². The fourth-order valence-electron chi connectivity index (χ4n) is 1.94. The van der Waals surface area contributed by atoms with Crippen LogP contribution >= 0.6 is 11.6 Å². The zero-order valence-corrected chi connectivity index (χ0v) is 15.5. The van der Waals surface area contributed by atoms with Crippen LogP contribution in [0.1, 0.15) is 60.3 Å². The molecule has 0 spiro atoms. The van der Waals surface area contributed by atoms with Gasteiger partial charge in [0.1, 0.15) is 6.29 Å². The standard InChI is InChI=1S/C20H31ClO/c1-16(2)20(15-22)13-12-18(4)10-6-8-17(3)9-7-11-19(5)14-21/h8,11-13,15-16H,6-7,9-10,14H2,1-5H3. The van der Waals surface area contributed by atoms with Gasteiger partial charge in [0.15, 0.2) is 0 Å². The van der Waals surface area contributed by atoms with Gasteiger partial charge in [0.2, 0.25) is 0 Å². The molecule has 0 N–H and O–H groups in total. The molecule has 0 atom stereocenters. The minimum absolute atomic E-state index is 0.285.